The van der Waals surface area contributed by atoms with E-state index in [0.29, 0.717) is 5.56 Å². The number of aromatic carboxylic acids is 1. The molecule has 0 aliphatic rings. The summed E-state index contributed by atoms with van der Waals surface area (Å²) in [5.41, 5.74) is 2.11. The van der Waals surface area contributed by atoms with Crippen LogP contribution in [0.4, 0.5) is 0 Å². The van der Waals surface area contributed by atoms with Gasteiger partial charge in [-0.15, -0.1) is 0 Å². The highest BCUT2D eigenvalue weighted by Crippen LogP contribution is 2.27. The van der Waals surface area contributed by atoms with E-state index in [0.717, 1.165) is 11.1 Å². The van der Waals surface area contributed by atoms with Crippen molar-refractivity contribution >= 4 is 5.97 Å². The Morgan fingerprint density at radius 3 is 1.57 bits per heavy atom. The van der Waals surface area contributed by atoms with Crippen LogP contribution in [-0.2, 0) is 0 Å². The fourth-order valence-electron chi connectivity index (χ4n) is 1.97. The molecule has 3 aromatic carbocycles. The van der Waals surface area contributed by atoms with Gasteiger partial charge in [0.2, 0.25) is 0 Å². The molecule has 0 radical (unpaired) electrons. The molecule has 23 heavy (non-hydrogen) atoms. The summed E-state index contributed by atoms with van der Waals surface area (Å²) in [7, 11) is 0. The lowest BCUT2D eigenvalue weighted by Gasteiger charge is -2.02. The molecule has 3 aromatic rings. The van der Waals surface area contributed by atoms with Crippen LogP contribution in [-0.4, -0.2) is 21.3 Å². The van der Waals surface area contributed by atoms with Gasteiger partial charge in [0.25, 0.3) is 0 Å². The number of benzene rings is 3. The van der Waals surface area contributed by atoms with E-state index in [2.05, 4.69) is 0 Å². The van der Waals surface area contributed by atoms with E-state index in [4.69, 9.17) is 5.11 Å². The standard InChI is InChI=1S/C12H10O2.C7H6O2/c13-11-6-10(7-12(14)8-11)9-4-2-1-3-5-9;8-7(9)6-4-2-1-3-5-6/h1-8,13-14H;1-5H,(H,8,9). The van der Waals surface area contributed by atoms with Gasteiger partial charge >= 0.3 is 5.97 Å². The third kappa shape index (κ3) is 4.89. The summed E-state index contributed by atoms with van der Waals surface area (Å²) in [6, 6.07) is 22.4. The van der Waals surface area contributed by atoms with Crippen LogP contribution in [0.1, 0.15) is 10.4 Å². The van der Waals surface area contributed by atoms with E-state index in [1.54, 1.807) is 42.5 Å². The molecule has 0 saturated heterocycles. The number of hydrogen-bond acceptors (Lipinski definition) is 3. The molecule has 0 spiro atoms. The van der Waals surface area contributed by atoms with Crippen LogP contribution in [0.25, 0.3) is 11.1 Å². The predicted molar refractivity (Wildman–Crippen MR) is 88.6 cm³/mol. The Hall–Kier alpha value is -3.27. The number of carboxylic acid groups (broad SMARTS) is 1. The number of phenols is 2. The van der Waals surface area contributed by atoms with Gasteiger partial charge in [-0.2, -0.15) is 0 Å². The third-order valence-corrected chi connectivity index (χ3v) is 3.03. The second kappa shape index (κ2) is 7.66. The van der Waals surface area contributed by atoms with Crippen molar-refractivity contribution in [3.8, 4) is 22.6 Å². The molecule has 116 valence electrons. The van der Waals surface area contributed by atoms with Gasteiger partial charge in [0.15, 0.2) is 0 Å². The highest BCUT2D eigenvalue weighted by atomic mass is 16.4. The Kier molecular flexibility index (Phi) is 5.36. The van der Waals surface area contributed by atoms with Crippen molar-refractivity contribution in [2.75, 3.05) is 0 Å². The van der Waals surface area contributed by atoms with Gasteiger partial charge < -0.3 is 15.3 Å². The number of hydrogen-bond donors (Lipinski definition) is 3. The first-order chi connectivity index (χ1) is 11.1. The largest absolute Gasteiger partial charge is 0.508 e. The lowest BCUT2D eigenvalue weighted by molar-refractivity contribution is 0.0697. The predicted octanol–water partition coefficient (Wildman–Crippen LogP) is 4.15. The minimum Gasteiger partial charge on any atom is -0.508 e. The van der Waals surface area contributed by atoms with Gasteiger partial charge in [-0.1, -0.05) is 48.5 Å². The van der Waals surface area contributed by atoms with Gasteiger partial charge in [-0.3, -0.25) is 0 Å². The Morgan fingerprint density at radius 2 is 1.13 bits per heavy atom. The maximum absolute atomic E-state index is 10.2. The SMILES string of the molecule is O=C(O)c1ccccc1.Oc1cc(O)cc(-c2ccccc2)c1. The quantitative estimate of drug-likeness (QED) is 0.664. The van der Waals surface area contributed by atoms with Gasteiger partial charge in [0.05, 0.1) is 5.56 Å². The smallest absolute Gasteiger partial charge is 0.335 e. The zero-order valence-corrected chi connectivity index (χ0v) is 12.3. The molecule has 3 rings (SSSR count). The Morgan fingerprint density at radius 1 is 0.652 bits per heavy atom. The van der Waals surface area contributed by atoms with Crippen LogP contribution in [0.2, 0.25) is 0 Å². The fourth-order valence-corrected chi connectivity index (χ4v) is 1.97. The molecular formula is C19H16O4. The lowest BCUT2D eigenvalue weighted by atomic mass is 10.1. The molecule has 3 N–H and O–H groups in total. The maximum Gasteiger partial charge on any atom is 0.335 e. The topological polar surface area (TPSA) is 77.8 Å². The first-order valence-corrected chi connectivity index (χ1v) is 6.93. The molecule has 0 fully saturated rings. The summed E-state index contributed by atoms with van der Waals surface area (Å²) in [5.74, 6) is -0.733. The molecule has 0 unspecified atom stereocenters. The number of carboxylic acids is 1. The molecule has 4 heteroatoms. The van der Waals surface area contributed by atoms with Crippen molar-refractivity contribution in [2.24, 2.45) is 0 Å². The second-order valence-electron chi connectivity index (χ2n) is 4.78. The number of phenolic OH excluding ortho intramolecular Hbond substituents is 2. The molecule has 0 heterocycles. The van der Waals surface area contributed by atoms with E-state index >= 15 is 0 Å². The van der Waals surface area contributed by atoms with Crippen molar-refractivity contribution in [3.05, 3.63) is 84.4 Å². The Balaban J connectivity index is 0.000000185. The monoisotopic (exact) mass is 308 g/mol. The van der Waals surface area contributed by atoms with Gasteiger partial charge in [-0.05, 0) is 35.4 Å². The fraction of sp³-hybridized carbons (Fsp3) is 0. The van der Waals surface area contributed by atoms with Crippen LogP contribution in [0.15, 0.2) is 78.9 Å². The second-order valence-corrected chi connectivity index (χ2v) is 4.78. The van der Waals surface area contributed by atoms with Crippen molar-refractivity contribution in [2.45, 2.75) is 0 Å². The Labute approximate surface area is 133 Å². The van der Waals surface area contributed by atoms with Crippen LogP contribution < -0.4 is 0 Å². The summed E-state index contributed by atoms with van der Waals surface area (Å²) in [4.78, 5) is 10.2. The summed E-state index contributed by atoms with van der Waals surface area (Å²) >= 11 is 0. The van der Waals surface area contributed by atoms with E-state index in [-0.39, 0.29) is 11.5 Å². The molecule has 0 aliphatic heterocycles. The summed E-state index contributed by atoms with van der Waals surface area (Å²) in [6.07, 6.45) is 0. The van der Waals surface area contributed by atoms with Gasteiger partial charge in [-0.25, -0.2) is 4.79 Å². The normalized spacial score (nSPS) is 9.57. The average molecular weight is 308 g/mol. The van der Waals surface area contributed by atoms with Crippen molar-refractivity contribution < 1.29 is 20.1 Å². The first kappa shape index (κ1) is 16.1. The number of carbonyl (C=O) groups is 1. The molecule has 0 amide bonds. The number of rotatable bonds is 2. The van der Waals surface area contributed by atoms with Crippen LogP contribution in [0, 0.1) is 0 Å². The van der Waals surface area contributed by atoms with E-state index < -0.39 is 5.97 Å². The number of aromatic hydroxyl groups is 2. The van der Waals surface area contributed by atoms with Gasteiger partial charge in [0, 0.05) is 6.07 Å². The highest BCUT2D eigenvalue weighted by Gasteiger charge is 2.00. The zero-order valence-electron chi connectivity index (χ0n) is 12.3. The van der Waals surface area contributed by atoms with Gasteiger partial charge in [0.1, 0.15) is 11.5 Å². The minimum atomic E-state index is -0.879. The van der Waals surface area contributed by atoms with E-state index in [9.17, 15) is 15.0 Å². The average Bonchev–Trinajstić information content (AvgIpc) is 2.56. The zero-order chi connectivity index (χ0) is 16.7. The summed E-state index contributed by atoms with van der Waals surface area (Å²) in [5, 5.41) is 27.0. The molecular weight excluding hydrogens is 292 g/mol. The molecule has 0 saturated carbocycles. The molecule has 0 aromatic heterocycles. The molecule has 0 aliphatic carbocycles. The van der Waals surface area contributed by atoms with Crippen LogP contribution in [0.5, 0.6) is 11.5 Å². The van der Waals surface area contributed by atoms with Crippen molar-refractivity contribution in [1.82, 2.24) is 0 Å². The van der Waals surface area contributed by atoms with Crippen LogP contribution >= 0.6 is 0 Å². The lowest BCUT2D eigenvalue weighted by Crippen LogP contribution is -1.93. The maximum atomic E-state index is 10.2. The van der Waals surface area contributed by atoms with Crippen LogP contribution in [0.3, 0.4) is 0 Å². The first-order valence-electron chi connectivity index (χ1n) is 6.93. The molecule has 0 bridgehead atoms. The summed E-state index contributed by atoms with van der Waals surface area (Å²) in [6.45, 7) is 0. The third-order valence-electron chi connectivity index (χ3n) is 3.03. The summed E-state index contributed by atoms with van der Waals surface area (Å²) < 4.78 is 0. The Bertz CT molecular complexity index is 748. The molecule has 4 nitrogen and oxygen atoms in total. The highest BCUT2D eigenvalue weighted by molar-refractivity contribution is 5.87. The van der Waals surface area contributed by atoms with E-state index in [1.165, 1.54) is 6.07 Å². The van der Waals surface area contributed by atoms with Crippen molar-refractivity contribution in [3.63, 3.8) is 0 Å². The minimum absolute atomic E-state index is 0.0730. The van der Waals surface area contributed by atoms with E-state index in [1.807, 2.05) is 30.3 Å². The molecule has 0 atom stereocenters. The van der Waals surface area contributed by atoms with Crippen molar-refractivity contribution in [1.29, 1.82) is 0 Å².